The summed E-state index contributed by atoms with van der Waals surface area (Å²) in [7, 11) is 1.63. The van der Waals surface area contributed by atoms with E-state index >= 15 is 0 Å². The molecule has 0 spiro atoms. The van der Waals surface area contributed by atoms with Crippen molar-refractivity contribution >= 4 is 0 Å². The number of nitriles is 1. The van der Waals surface area contributed by atoms with E-state index in [2.05, 4.69) is 6.07 Å². The minimum absolute atomic E-state index is 0.248. The number of methoxy groups -OCH3 is 1. The van der Waals surface area contributed by atoms with Crippen LogP contribution in [-0.4, -0.2) is 7.11 Å². The molecule has 3 heteroatoms. The van der Waals surface area contributed by atoms with Gasteiger partial charge < -0.3 is 10.5 Å². The normalized spacial score (nSPS) is 19.3. The molecule has 16 heavy (non-hydrogen) atoms. The van der Waals surface area contributed by atoms with Crippen LogP contribution < -0.4 is 10.5 Å². The van der Waals surface area contributed by atoms with Gasteiger partial charge in [0.15, 0.2) is 0 Å². The van der Waals surface area contributed by atoms with E-state index in [4.69, 9.17) is 10.5 Å². The predicted molar refractivity (Wildman–Crippen MR) is 61.8 cm³/mol. The Labute approximate surface area is 95.8 Å². The first-order valence-corrected chi connectivity index (χ1v) is 5.53. The van der Waals surface area contributed by atoms with Gasteiger partial charge in [-0.05, 0) is 18.9 Å². The Morgan fingerprint density at radius 2 is 2.12 bits per heavy atom. The summed E-state index contributed by atoms with van der Waals surface area (Å²) in [5.41, 5.74) is 6.78. The summed E-state index contributed by atoms with van der Waals surface area (Å²) in [6.07, 6.45) is 2.88. The van der Waals surface area contributed by atoms with Gasteiger partial charge in [-0.2, -0.15) is 5.26 Å². The summed E-state index contributed by atoms with van der Waals surface area (Å²) in [6.45, 7) is 0. The van der Waals surface area contributed by atoms with Gasteiger partial charge in [0.25, 0.3) is 0 Å². The number of nitrogens with two attached hydrogens (primary N) is 1. The molecule has 1 aromatic carbocycles. The molecule has 0 aliphatic heterocycles. The number of rotatable bonds is 3. The Kier molecular flexibility index (Phi) is 2.84. The molecular weight excluding hydrogens is 200 g/mol. The molecule has 1 saturated carbocycles. The fourth-order valence-corrected chi connectivity index (χ4v) is 2.27. The quantitative estimate of drug-likeness (QED) is 0.843. The zero-order valence-corrected chi connectivity index (χ0v) is 9.44. The van der Waals surface area contributed by atoms with Gasteiger partial charge in [0.1, 0.15) is 5.75 Å². The number of hydrogen-bond acceptors (Lipinski definition) is 3. The van der Waals surface area contributed by atoms with E-state index in [1.165, 1.54) is 0 Å². The third-order valence-electron chi connectivity index (χ3n) is 3.54. The molecular formula is C13H16N2O. The molecule has 0 heterocycles. The Hall–Kier alpha value is -1.53. The predicted octanol–water partition coefficient (Wildman–Crippen LogP) is 2.39. The molecule has 0 radical (unpaired) electrons. The molecule has 0 aromatic heterocycles. The molecule has 84 valence electrons. The van der Waals surface area contributed by atoms with Gasteiger partial charge in [-0.15, -0.1) is 0 Å². The maximum atomic E-state index is 9.26. The molecule has 2 N–H and O–H groups in total. The number of benzene rings is 1. The fraction of sp³-hybridized carbons (Fsp3) is 0.462. The zero-order chi connectivity index (χ0) is 11.6. The zero-order valence-electron chi connectivity index (χ0n) is 9.44. The van der Waals surface area contributed by atoms with Crippen molar-refractivity contribution in [2.45, 2.75) is 25.3 Å². The Morgan fingerprint density at radius 1 is 1.44 bits per heavy atom. The van der Waals surface area contributed by atoms with Gasteiger partial charge in [-0.1, -0.05) is 24.6 Å². The largest absolute Gasteiger partial charge is 0.496 e. The second-order valence-electron chi connectivity index (χ2n) is 4.34. The highest BCUT2D eigenvalue weighted by Crippen LogP contribution is 2.49. The van der Waals surface area contributed by atoms with E-state index in [0.717, 1.165) is 30.6 Å². The summed E-state index contributed by atoms with van der Waals surface area (Å²) in [5.74, 6) is 0.775. The van der Waals surface area contributed by atoms with Crippen molar-refractivity contribution in [3.63, 3.8) is 0 Å². The topological polar surface area (TPSA) is 59.0 Å². The van der Waals surface area contributed by atoms with Crippen molar-refractivity contribution < 1.29 is 4.74 Å². The van der Waals surface area contributed by atoms with Gasteiger partial charge in [0.2, 0.25) is 0 Å². The summed E-state index contributed by atoms with van der Waals surface area (Å²) in [5, 5.41) is 9.26. The number of hydrogen-bond donors (Lipinski definition) is 1. The molecule has 0 bridgehead atoms. The minimum atomic E-state index is -0.380. The van der Waals surface area contributed by atoms with E-state index in [0.29, 0.717) is 0 Å². The molecule has 0 amide bonds. The lowest BCUT2D eigenvalue weighted by Gasteiger charge is -2.40. The Morgan fingerprint density at radius 3 is 2.62 bits per heavy atom. The van der Waals surface area contributed by atoms with Crippen LogP contribution in [0, 0.1) is 16.7 Å². The van der Waals surface area contributed by atoms with Crippen molar-refractivity contribution in [1.29, 1.82) is 5.26 Å². The molecule has 1 aromatic rings. The maximum Gasteiger partial charge on any atom is 0.123 e. The molecule has 2 rings (SSSR count). The molecule has 1 aliphatic carbocycles. The van der Waals surface area contributed by atoms with Crippen LogP contribution in [0.2, 0.25) is 0 Å². The van der Waals surface area contributed by atoms with Gasteiger partial charge in [0.05, 0.1) is 24.6 Å². The van der Waals surface area contributed by atoms with Crippen LogP contribution in [0.15, 0.2) is 24.3 Å². The first-order chi connectivity index (χ1) is 7.73. The number of nitrogens with zero attached hydrogens (tertiary/aromatic N) is 1. The van der Waals surface area contributed by atoms with Gasteiger partial charge in [0, 0.05) is 5.56 Å². The Balaban J connectivity index is 2.34. The van der Waals surface area contributed by atoms with Crippen molar-refractivity contribution in [2.75, 3.05) is 7.11 Å². The van der Waals surface area contributed by atoms with Gasteiger partial charge in [-0.25, -0.2) is 0 Å². The van der Waals surface area contributed by atoms with Crippen LogP contribution >= 0.6 is 0 Å². The van der Waals surface area contributed by atoms with Gasteiger partial charge >= 0.3 is 0 Å². The second kappa shape index (κ2) is 4.15. The minimum Gasteiger partial charge on any atom is -0.496 e. The average molecular weight is 216 g/mol. The lowest BCUT2D eigenvalue weighted by Crippen LogP contribution is -2.39. The van der Waals surface area contributed by atoms with Crippen LogP contribution in [0.4, 0.5) is 0 Å². The highest BCUT2D eigenvalue weighted by molar-refractivity contribution is 5.38. The van der Waals surface area contributed by atoms with Gasteiger partial charge in [-0.3, -0.25) is 0 Å². The lowest BCUT2D eigenvalue weighted by molar-refractivity contribution is 0.166. The lowest BCUT2D eigenvalue weighted by atomic mass is 9.63. The highest BCUT2D eigenvalue weighted by atomic mass is 16.5. The maximum absolute atomic E-state index is 9.26. The van der Waals surface area contributed by atoms with E-state index in [-0.39, 0.29) is 11.5 Å². The van der Waals surface area contributed by atoms with E-state index in [9.17, 15) is 5.26 Å². The molecule has 0 saturated heterocycles. The smallest absolute Gasteiger partial charge is 0.123 e. The van der Waals surface area contributed by atoms with Crippen molar-refractivity contribution in [1.82, 2.24) is 0 Å². The summed E-state index contributed by atoms with van der Waals surface area (Å²) < 4.78 is 5.29. The summed E-state index contributed by atoms with van der Waals surface area (Å²) in [4.78, 5) is 0. The van der Waals surface area contributed by atoms with Crippen LogP contribution in [0.5, 0.6) is 5.75 Å². The number of ether oxygens (including phenoxy) is 1. The molecule has 1 aliphatic rings. The summed E-state index contributed by atoms with van der Waals surface area (Å²) >= 11 is 0. The first kappa shape index (κ1) is 11.0. The van der Waals surface area contributed by atoms with Crippen molar-refractivity contribution in [3.8, 4) is 11.8 Å². The third kappa shape index (κ3) is 1.56. The van der Waals surface area contributed by atoms with Crippen LogP contribution in [0.3, 0.4) is 0 Å². The highest BCUT2D eigenvalue weighted by Gasteiger charge is 2.44. The Bertz CT molecular complexity index is 418. The van der Waals surface area contributed by atoms with Crippen LogP contribution in [0.1, 0.15) is 30.9 Å². The molecule has 1 unspecified atom stereocenters. The first-order valence-electron chi connectivity index (χ1n) is 5.53. The third-order valence-corrected chi connectivity index (χ3v) is 3.54. The standard InChI is InChI=1S/C13H16N2O/c1-16-11-6-3-2-5-10(11)12(15)13(9-14)7-4-8-13/h2-3,5-6,12H,4,7-8,15H2,1H3. The van der Waals surface area contributed by atoms with Crippen LogP contribution in [-0.2, 0) is 0 Å². The van der Waals surface area contributed by atoms with E-state index in [1.54, 1.807) is 7.11 Å². The fourth-order valence-electron chi connectivity index (χ4n) is 2.27. The SMILES string of the molecule is COc1ccccc1C(N)C1(C#N)CCC1. The van der Waals surface area contributed by atoms with Crippen molar-refractivity contribution in [3.05, 3.63) is 29.8 Å². The van der Waals surface area contributed by atoms with Crippen molar-refractivity contribution in [2.24, 2.45) is 11.1 Å². The van der Waals surface area contributed by atoms with E-state index < -0.39 is 0 Å². The second-order valence-corrected chi connectivity index (χ2v) is 4.34. The number of para-hydroxylation sites is 1. The molecule has 1 atom stereocenters. The monoisotopic (exact) mass is 216 g/mol. The molecule has 1 fully saturated rings. The summed E-state index contributed by atoms with van der Waals surface area (Å²) in [6, 6.07) is 9.81. The van der Waals surface area contributed by atoms with E-state index in [1.807, 2.05) is 24.3 Å². The molecule has 3 nitrogen and oxygen atoms in total. The van der Waals surface area contributed by atoms with Crippen LogP contribution in [0.25, 0.3) is 0 Å². The average Bonchev–Trinajstić information content (AvgIpc) is 2.28.